The first-order valence-corrected chi connectivity index (χ1v) is 12.3. The number of carbonyl (C=O) groups is 2. The Labute approximate surface area is 216 Å². The zero-order valence-corrected chi connectivity index (χ0v) is 21.1. The van der Waals surface area contributed by atoms with Crippen molar-refractivity contribution >= 4 is 46.3 Å². The average molecular weight is 520 g/mol. The van der Waals surface area contributed by atoms with E-state index in [9.17, 15) is 14.4 Å². The van der Waals surface area contributed by atoms with Gasteiger partial charge in [-0.15, -0.1) is 11.3 Å². The molecule has 8 heteroatoms. The number of thiazole rings is 1. The zero-order chi connectivity index (χ0) is 25.7. The summed E-state index contributed by atoms with van der Waals surface area (Å²) < 4.78 is 12.3. The van der Waals surface area contributed by atoms with Crippen LogP contribution in [0.3, 0.4) is 0 Å². The van der Waals surface area contributed by atoms with Crippen LogP contribution in [-0.4, -0.2) is 30.0 Å². The van der Waals surface area contributed by atoms with E-state index in [1.54, 1.807) is 85.8 Å². The van der Waals surface area contributed by atoms with Crippen molar-refractivity contribution < 1.29 is 19.1 Å². The number of ether oxygens (including phenoxy) is 2. The summed E-state index contributed by atoms with van der Waals surface area (Å²) in [7, 11) is 1.52. The van der Waals surface area contributed by atoms with E-state index in [-0.39, 0.29) is 28.0 Å². The van der Waals surface area contributed by atoms with E-state index in [0.29, 0.717) is 21.0 Å². The molecule has 0 N–H and O–H groups in total. The van der Waals surface area contributed by atoms with E-state index in [2.05, 4.69) is 0 Å². The van der Waals surface area contributed by atoms with Crippen LogP contribution in [0.25, 0.3) is 17.3 Å². The van der Waals surface area contributed by atoms with Crippen molar-refractivity contribution in [3.8, 4) is 11.4 Å². The van der Waals surface area contributed by atoms with Crippen molar-refractivity contribution in [2.45, 2.75) is 6.92 Å². The van der Waals surface area contributed by atoms with Crippen molar-refractivity contribution in [2.75, 3.05) is 13.7 Å². The summed E-state index contributed by atoms with van der Waals surface area (Å²) >= 11 is 7.05. The minimum Gasteiger partial charge on any atom is -0.497 e. The van der Waals surface area contributed by atoms with Gasteiger partial charge in [0, 0.05) is 10.6 Å². The summed E-state index contributed by atoms with van der Waals surface area (Å²) in [6.45, 7) is 1.73. The van der Waals surface area contributed by atoms with E-state index < -0.39 is 11.8 Å². The molecule has 0 bridgehead atoms. The lowest BCUT2D eigenvalue weighted by molar-refractivity contribution is -0.136. The first-order chi connectivity index (χ1) is 17.4. The van der Waals surface area contributed by atoms with Crippen LogP contribution < -0.4 is 19.5 Å². The summed E-state index contributed by atoms with van der Waals surface area (Å²) in [5.41, 5.74) is 0.962. The van der Waals surface area contributed by atoms with Gasteiger partial charge in [0.2, 0.25) is 5.78 Å². The Balaban J connectivity index is 2.06. The predicted octanol–water partition coefficient (Wildman–Crippen LogP) is 3.99. The second-order valence-corrected chi connectivity index (χ2v) is 9.06. The highest BCUT2D eigenvalue weighted by Gasteiger charge is 2.26. The maximum absolute atomic E-state index is 13.6. The third-order valence-corrected chi connectivity index (χ3v) is 6.62. The summed E-state index contributed by atoms with van der Waals surface area (Å²) in [5, 5.41) is 0.573. The molecule has 0 amide bonds. The molecule has 0 unspecified atom stereocenters. The number of aromatic nitrogens is 1. The summed E-state index contributed by atoms with van der Waals surface area (Å²) in [5.74, 6) is -0.788. The second kappa shape index (κ2) is 11.2. The standard InChI is InChI=1S/C28H22ClNO5S/c1-3-35-28(33)24(25(31)19-11-15-22(34-2)16-12-19)27-30(21-7-5-4-6-8-21)26(32)23(36-27)17-18-9-13-20(29)14-10-18/h4-17H,3H2,1-2H3. The Hall–Kier alpha value is -3.94. The number of nitrogens with zero attached hydrogens (tertiary/aromatic N) is 1. The van der Waals surface area contributed by atoms with Gasteiger partial charge in [-0.05, 0) is 67.1 Å². The Morgan fingerprint density at radius 2 is 1.64 bits per heavy atom. The Bertz CT molecular complexity index is 1570. The Kier molecular flexibility index (Phi) is 7.83. The first-order valence-electron chi connectivity index (χ1n) is 11.1. The number of benzene rings is 3. The molecule has 182 valence electrons. The zero-order valence-electron chi connectivity index (χ0n) is 19.6. The molecule has 36 heavy (non-hydrogen) atoms. The molecule has 0 atom stereocenters. The molecule has 4 aromatic rings. The number of para-hydroxylation sites is 1. The monoisotopic (exact) mass is 519 g/mol. The van der Waals surface area contributed by atoms with E-state index >= 15 is 0 Å². The van der Waals surface area contributed by atoms with Crippen LogP contribution >= 0.6 is 22.9 Å². The number of rotatable bonds is 7. The number of halogens is 1. The molecule has 0 spiro atoms. The number of methoxy groups -OCH3 is 1. The molecule has 0 aliphatic carbocycles. The number of esters is 1. The molecule has 0 aliphatic rings. The maximum atomic E-state index is 13.6. The molecule has 0 radical (unpaired) electrons. The topological polar surface area (TPSA) is 74.6 Å². The van der Waals surface area contributed by atoms with Crippen LogP contribution in [0.4, 0.5) is 0 Å². The number of carbonyl (C=O) groups excluding carboxylic acids is 2. The van der Waals surface area contributed by atoms with Crippen molar-refractivity contribution in [2.24, 2.45) is 0 Å². The van der Waals surface area contributed by atoms with Gasteiger partial charge in [-0.2, -0.15) is 0 Å². The van der Waals surface area contributed by atoms with Crippen molar-refractivity contribution in [3.63, 3.8) is 0 Å². The molecule has 6 nitrogen and oxygen atoms in total. The van der Waals surface area contributed by atoms with E-state index in [0.717, 1.165) is 16.9 Å². The van der Waals surface area contributed by atoms with Gasteiger partial charge in [0.1, 0.15) is 16.0 Å². The quantitative estimate of drug-likeness (QED) is 0.210. The highest BCUT2D eigenvalue weighted by Crippen LogP contribution is 2.16. The van der Waals surface area contributed by atoms with Crippen molar-refractivity contribution in [1.29, 1.82) is 0 Å². The lowest BCUT2D eigenvalue weighted by Crippen LogP contribution is -2.33. The molecule has 0 saturated carbocycles. The summed E-state index contributed by atoms with van der Waals surface area (Å²) in [4.78, 5) is 40.4. The number of Topliss-reactive ketones (excluding diaryl/α,β-unsaturated/α-hetero) is 1. The molecule has 1 aromatic heterocycles. The Morgan fingerprint density at radius 1 is 0.972 bits per heavy atom. The minimum atomic E-state index is -0.803. The molecule has 3 aromatic carbocycles. The van der Waals surface area contributed by atoms with Gasteiger partial charge in [-0.1, -0.05) is 41.9 Å². The highest BCUT2D eigenvalue weighted by molar-refractivity contribution is 7.08. The highest BCUT2D eigenvalue weighted by atomic mass is 35.5. The molecule has 0 aliphatic heterocycles. The van der Waals surface area contributed by atoms with Crippen LogP contribution in [0.15, 0.2) is 83.7 Å². The number of hydrogen-bond acceptors (Lipinski definition) is 6. The van der Waals surface area contributed by atoms with Gasteiger partial charge in [-0.3, -0.25) is 14.2 Å². The number of hydrogen-bond donors (Lipinski definition) is 0. The second-order valence-electron chi connectivity index (χ2n) is 7.60. The lowest BCUT2D eigenvalue weighted by Gasteiger charge is -2.09. The Morgan fingerprint density at radius 3 is 2.25 bits per heavy atom. The fraction of sp³-hybridized carbons (Fsp3) is 0.107. The van der Waals surface area contributed by atoms with Crippen LogP contribution in [0.2, 0.25) is 5.02 Å². The fourth-order valence-electron chi connectivity index (χ4n) is 3.54. The van der Waals surface area contributed by atoms with Crippen LogP contribution in [0.1, 0.15) is 22.8 Å². The molecule has 0 fully saturated rings. The smallest absolute Gasteiger partial charge is 0.345 e. The van der Waals surface area contributed by atoms with Gasteiger partial charge in [0.15, 0.2) is 0 Å². The fourth-order valence-corrected chi connectivity index (χ4v) is 4.80. The van der Waals surface area contributed by atoms with E-state index in [1.165, 1.54) is 11.7 Å². The van der Waals surface area contributed by atoms with E-state index in [4.69, 9.17) is 21.1 Å². The van der Waals surface area contributed by atoms with Crippen LogP contribution in [0.5, 0.6) is 5.75 Å². The van der Waals surface area contributed by atoms with Gasteiger partial charge in [-0.25, -0.2) is 4.79 Å². The molecular formula is C28H22ClNO5S. The summed E-state index contributed by atoms with van der Waals surface area (Å²) in [6.07, 6.45) is 1.70. The summed E-state index contributed by atoms with van der Waals surface area (Å²) in [6, 6.07) is 22.3. The largest absolute Gasteiger partial charge is 0.497 e. The van der Waals surface area contributed by atoms with Gasteiger partial charge >= 0.3 is 5.97 Å². The normalized spacial score (nSPS) is 12.2. The van der Waals surface area contributed by atoms with Gasteiger partial charge < -0.3 is 9.47 Å². The van der Waals surface area contributed by atoms with Crippen molar-refractivity contribution in [3.05, 3.63) is 115 Å². The van der Waals surface area contributed by atoms with Gasteiger partial charge in [0.05, 0.1) is 23.9 Å². The molecule has 4 rings (SSSR count). The third-order valence-electron chi connectivity index (χ3n) is 5.28. The minimum absolute atomic E-state index is 0.0723. The SMILES string of the molecule is CCOC(=O)C(C(=O)c1ccc(OC)cc1)=c1sc(=Cc2ccc(Cl)cc2)c(=O)n1-c1ccccc1. The molecule has 0 saturated heterocycles. The van der Waals surface area contributed by atoms with Crippen LogP contribution in [0, 0.1) is 0 Å². The maximum Gasteiger partial charge on any atom is 0.345 e. The first kappa shape index (κ1) is 25.2. The van der Waals surface area contributed by atoms with Crippen LogP contribution in [-0.2, 0) is 9.53 Å². The predicted molar refractivity (Wildman–Crippen MR) is 142 cm³/mol. The molecule has 1 heterocycles. The van der Waals surface area contributed by atoms with Gasteiger partial charge in [0.25, 0.3) is 5.56 Å². The average Bonchev–Trinajstić information content (AvgIpc) is 3.21. The van der Waals surface area contributed by atoms with Crippen molar-refractivity contribution in [1.82, 2.24) is 4.57 Å². The lowest BCUT2D eigenvalue weighted by atomic mass is 10.0. The van der Waals surface area contributed by atoms with E-state index in [1.807, 2.05) is 6.07 Å². The third kappa shape index (κ3) is 5.32. The number of ketones is 1. The molecular weight excluding hydrogens is 498 g/mol.